The topological polar surface area (TPSA) is 114 Å². The van der Waals surface area contributed by atoms with Gasteiger partial charge in [0.05, 0.1) is 17.5 Å². The Morgan fingerprint density at radius 3 is 2.96 bits per heavy atom. The number of aromatic carboxylic acids is 1. The minimum absolute atomic E-state index is 0.0384. The zero-order valence-electron chi connectivity index (χ0n) is 14.7. The molecule has 9 nitrogen and oxygen atoms in total. The molecule has 1 fully saturated rings. The third-order valence-corrected chi connectivity index (χ3v) is 4.52. The van der Waals surface area contributed by atoms with Crippen LogP contribution >= 0.6 is 0 Å². The van der Waals surface area contributed by atoms with E-state index in [-0.39, 0.29) is 17.5 Å². The number of carboxylic acids is 1. The van der Waals surface area contributed by atoms with Crippen molar-refractivity contribution in [2.24, 2.45) is 5.92 Å². The van der Waals surface area contributed by atoms with E-state index in [1.807, 2.05) is 4.90 Å². The third kappa shape index (κ3) is 4.04. The summed E-state index contributed by atoms with van der Waals surface area (Å²) < 4.78 is 1.54. The molecular formula is C17H22N6O3. The van der Waals surface area contributed by atoms with Gasteiger partial charge < -0.3 is 10.0 Å². The molecular weight excluding hydrogens is 336 g/mol. The number of hydrogen-bond acceptors (Lipinski definition) is 6. The Kier molecular flexibility index (Phi) is 5.55. The van der Waals surface area contributed by atoms with Gasteiger partial charge in [-0.3, -0.25) is 9.48 Å². The number of carbonyl (C=O) groups is 2. The average molecular weight is 358 g/mol. The van der Waals surface area contributed by atoms with Gasteiger partial charge in [0.2, 0.25) is 0 Å². The predicted molar refractivity (Wildman–Crippen MR) is 91.6 cm³/mol. The Labute approximate surface area is 151 Å². The van der Waals surface area contributed by atoms with Crippen LogP contribution in [0, 0.1) is 5.92 Å². The van der Waals surface area contributed by atoms with Crippen molar-refractivity contribution in [1.29, 1.82) is 0 Å². The van der Waals surface area contributed by atoms with Gasteiger partial charge in [-0.15, -0.1) is 5.10 Å². The number of nitrogens with zero attached hydrogens (tertiary/aromatic N) is 6. The molecule has 138 valence electrons. The minimum Gasteiger partial charge on any atom is -0.476 e. The maximum absolute atomic E-state index is 12.9. The quantitative estimate of drug-likeness (QED) is 0.827. The van der Waals surface area contributed by atoms with Crippen molar-refractivity contribution in [2.45, 2.75) is 39.2 Å². The van der Waals surface area contributed by atoms with Gasteiger partial charge in [-0.25, -0.2) is 14.8 Å². The molecule has 0 aromatic carbocycles. The summed E-state index contributed by atoms with van der Waals surface area (Å²) in [6.45, 7) is 3.89. The summed E-state index contributed by atoms with van der Waals surface area (Å²) in [6.07, 6.45) is 8.02. The second kappa shape index (κ2) is 8.03. The SMILES string of the molecule is CCCc1ncncc1C(=O)N1CCC[C@@H](Cn2cc(C(=O)O)nn2)C1. The van der Waals surface area contributed by atoms with Gasteiger partial charge in [0.1, 0.15) is 6.33 Å². The maximum atomic E-state index is 12.9. The number of carboxylic acid groups (broad SMARTS) is 1. The lowest BCUT2D eigenvalue weighted by Gasteiger charge is -2.33. The summed E-state index contributed by atoms with van der Waals surface area (Å²) in [5.41, 5.74) is 1.29. The van der Waals surface area contributed by atoms with E-state index in [1.165, 1.54) is 17.2 Å². The first kappa shape index (κ1) is 18.0. The lowest BCUT2D eigenvalue weighted by Crippen LogP contribution is -2.41. The van der Waals surface area contributed by atoms with Gasteiger partial charge in [-0.2, -0.15) is 0 Å². The number of hydrogen-bond donors (Lipinski definition) is 1. The Morgan fingerprint density at radius 2 is 2.23 bits per heavy atom. The predicted octanol–water partition coefficient (Wildman–Crippen LogP) is 1.27. The van der Waals surface area contributed by atoms with Crippen LogP contribution in [0.4, 0.5) is 0 Å². The van der Waals surface area contributed by atoms with Gasteiger partial charge in [0, 0.05) is 25.8 Å². The van der Waals surface area contributed by atoms with Crippen molar-refractivity contribution in [2.75, 3.05) is 13.1 Å². The molecule has 2 aromatic heterocycles. The van der Waals surface area contributed by atoms with E-state index in [0.29, 0.717) is 25.2 Å². The first-order chi connectivity index (χ1) is 12.6. The fraction of sp³-hybridized carbons (Fsp3) is 0.529. The van der Waals surface area contributed by atoms with Gasteiger partial charge in [-0.1, -0.05) is 18.6 Å². The lowest BCUT2D eigenvalue weighted by molar-refractivity contribution is 0.0656. The largest absolute Gasteiger partial charge is 0.476 e. The van der Waals surface area contributed by atoms with Crippen LogP contribution in [0.2, 0.25) is 0 Å². The monoisotopic (exact) mass is 358 g/mol. The zero-order valence-corrected chi connectivity index (χ0v) is 14.7. The van der Waals surface area contributed by atoms with E-state index in [1.54, 1.807) is 6.20 Å². The molecule has 0 spiro atoms. The number of amides is 1. The average Bonchev–Trinajstić information content (AvgIpc) is 3.11. The molecule has 0 aliphatic carbocycles. The molecule has 0 radical (unpaired) electrons. The summed E-state index contributed by atoms with van der Waals surface area (Å²) in [5.74, 6) is -0.928. The van der Waals surface area contributed by atoms with Crippen molar-refractivity contribution in [3.8, 4) is 0 Å². The highest BCUT2D eigenvalue weighted by atomic mass is 16.4. The molecule has 3 heterocycles. The van der Waals surface area contributed by atoms with Crippen molar-refractivity contribution in [3.05, 3.63) is 35.7 Å². The van der Waals surface area contributed by atoms with Gasteiger partial charge >= 0.3 is 5.97 Å². The molecule has 3 rings (SSSR count). The molecule has 1 amide bonds. The van der Waals surface area contributed by atoms with Crippen LogP contribution in [-0.4, -0.2) is 59.9 Å². The summed E-state index contributed by atoms with van der Waals surface area (Å²) >= 11 is 0. The molecule has 9 heteroatoms. The Hall–Kier alpha value is -2.84. The van der Waals surface area contributed by atoms with Crippen LogP contribution in [0.15, 0.2) is 18.7 Å². The van der Waals surface area contributed by atoms with Crippen LogP contribution in [0.3, 0.4) is 0 Å². The normalized spacial score (nSPS) is 17.3. The van der Waals surface area contributed by atoms with Crippen molar-refractivity contribution < 1.29 is 14.7 Å². The summed E-state index contributed by atoms with van der Waals surface area (Å²) in [7, 11) is 0. The van der Waals surface area contributed by atoms with Crippen LogP contribution in [0.5, 0.6) is 0 Å². The highest BCUT2D eigenvalue weighted by Crippen LogP contribution is 2.21. The van der Waals surface area contributed by atoms with Gasteiger partial charge in [-0.05, 0) is 25.2 Å². The summed E-state index contributed by atoms with van der Waals surface area (Å²) in [4.78, 5) is 33.9. The van der Waals surface area contributed by atoms with Crippen molar-refractivity contribution in [1.82, 2.24) is 29.9 Å². The van der Waals surface area contributed by atoms with Crippen LogP contribution in [0.1, 0.15) is 52.7 Å². The fourth-order valence-electron chi connectivity index (χ4n) is 3.29. The lowest BCUT2D eigenvalue weighted by atomic mass is 9.97. The Bertz CT molecular complexity index is 790. The fourth-order valence-corrected chi connectivity index (χ4v) is 3.29. The second-order valence-corrected chi connectivity index (χ2v) is 6.52. The smallest absolute Gasteiger partial charge is 0.358 e. The van der Waals surface area contributed by atoms with E-state index in [2.05, 4.69) is 27.2 Å². The molecule has 0 bridgehead atoms. The zero-order chi connectivity index (χ0) is 18.5. The molecule has 0 unspecified atom stereocenters. The molecule has 1 aliphatic heterocycles. The van der Waals surface area contributed by atoms with Gasteiger partial charge in [0.15, 0.2) is 5.69 Å². The molecule has 26 heavy (non-hydrogen) atoms. The summed E-state index contributed by atoms with van der Waals surface area (Å²) in [6, 6.07) is 0. The van der Waals surface area contributed by atoms with E-state index >= 15 is 0 Å². The molecule has 1 N–H and O–H groups in total. The van der Waals surface area contributed by atoms with E-state index < -0.39 is 5.97 Å². The van der Waals surface area contributed by atoms with Gasteiger partial charge in [0.25, 0.3) is 5.91 Å². The Balaban J connectivity index is 1.68. The number of carbonyl (C=O) groups excluding carboxylic acids is 1. The van der Waals surface area contributed by atoms with E-state index in [0.717, 1.165) is 31.4 Å². The first-order valence-corrected chi connectivity index (χ1v) is 8.80. The van der Waals surface area contributed by atoms with Crippen LogP contribution in [0.25, 0.3) is 0 Å². The van der Waals surface area contributed by atoms with E-state index in [4.69, 9.17) is 5.11 Å². The number of piperidine rings is 1. The number of likely N-dealkylation sites (tertiary alicyclic amines) is 1. The van der Waals surface area contributed by atoms with Crippen LogP contribution < -0.4 is 0 Å². The summed E-state index contributed by atoms with van der Waals surface area (Å²) in [5, 5.41) is 16.4. The number of aryl methyl sites for hydroxylation is 1. The highest BCUT2D eigenvalue weighted by Gasteiger charge is 2.27. The molecule has 1 aliphatic rings. The molecule has 0 saturated carbocycles. The third-order valence-electron chi connectivity index (χ3n) is 4.52. The molecule has 2 aromatic rings. The Morgan fingerprint density at radius 1 is 1.38 bits per heavy atom. The number of rotatable bonds is 6. The van der Waals surface area contributed by atoms with Crippen molar-refractivity contribution >= 4 is 11.9 Å². The van der Waals surface area contributed by atoms with Crippen LogP contribution in [-0.2, 0) is 13.0 Å². The highest BCUT2D eigenvalue weighted by molar-refractivity contribution is 5.95. The standard InChI is InChI=1S/C17H22N6O3/c1-2-4-14-13(7-18-11-19-14)16(24)22-6-3-5-12(8-22)9-23-10-15(17(25)26)20-21-23/h7,10-12H,2-6,8-9H2,1H3,(H,25,26)/t12-/m1/s1. The second-order valence-electron chi connectivity index (χ2n) is 6.52. The van der Waals surface area contributed by atoms with E-state index in [9.17, 15) is 9.59 Å². The van der Waals surface area contributed by atoms with Crippen molar-refractivity contribution in [3.63, 3.8) is 0 Å². The minimum atomic E-state index is -1.09. The first-order valence-electron chi connectivity index (χ1n) is 8.80. The molecule has 1 atom stereocenters. The number of aromatic nitrogens is 5. The molecule has 1 saturated heterocycles. The maximum Gasteiger partial charge on any atom is 0.358 e.